The number of benzene rings is 1. The van der Waals surface area contributed by atoms with Crippen molar-refractivity contribution in [1.82, 2.24) is 9.97 Å². The predicted octanol–water partition coefficient (Wildman–Crippen LogP) is 5.10. The molecule has 0 fully saturated rings. The number of nitrogens with zero attached hydrogens (tertiary/aromatic N) is 3. The minimum atomic E-state index is -0.475. The second-order valence-corrected chi connectivity index (χ2v) is 7.29. The molecule has 0 aliphatic carbocycles. The maximum absolute atomic E-state index is 12.5. The van der Waals surface area contributed by atoms with Gasteiger partial charge in [0.15, 0.2) is 0 Å². The molecule has 2 aromatic heterocycles. The number of hydrogen-bond acceptors (Lipinski definition) is 6. The molecule has 0 aliphatic heterocycles. The second kappa shape index (κ2) is 7.95. The third-order valence-corrected chi connectivity index (χ3v) is 5.27. The van der Waals surface area contributed by atoms with E-state index in [9.17, 15) is 10.1 Å². The summed E-state index contributed by atoms with van der Waals surface area (Å²) in [5, 5.41) is 11.3. The van der Waals surface area contributed by atoms with Crippen LogP contribution in [0, 0.1) is 25.2 Å². The normalized spacial score (nSPS) is 10.6. The van der Waals surface area contributed by atoms with Crippen molar-refractivity contribution in [1.29, 1.82) is 5.26 Å². The summed E-state index contributed by atoms with van der Waals surface area (Å²) >= 11 is 7.43. The van der Waals surface area contributed by atoms with Crippen molar-refractivity contribution in [3.05, 3.63) is 57.9 Å². The Morgan fingerprint density at radius 2 is 2.11 bits per heavy atom. The topological polar surface area (TPSA) is 75.9 Å². The highest BCUT2D eigenvalue weighted by atomic mass is 35.5. The quantitative estimate of drug-likeness (QED) is 0.570. The minimum Gasteiger partial charge on any atom is -0.462 e. The van der Waals surface area contributed by atoms with E-state index in [1.807, 2.05) is 19.9 Å². The molecule has 5 nitrogen and oxygen atoms in total. The molecule has 2 heterocycles. The van der Waals surface area contributed by atoms with Gasteiger partial charge in [-0.3, -0.25) is 4.98 Å². The monoisotopic (exact) mass is 397 g/mol. The fourth-order valence-corrected chi connectivity index (χ4v) is 4.10. The summed E-state index contributed by atoms with van der Waals surface area (Å²) in [6.45, 7) is 5.73. The molecule has 0 amide bonds. The van der Waals surface area contributed by atoms with Crippen LogP contribution in [0.25, 0.3) is 10.9 Å². The molecule has 0 saturated heterocycles. The molecule has 0 radical (unpaired) electrons. The van der Waals surface area contributed by atoms with Crippen LogP contribution in [-0.4, -0.2) is 22.5 Å². The molecule has 7 heteroatoms. The van der Waals surface area contributed by atoms with Crippen molar-refractivity contribution in [3.8, 4) is 6.07 Å². The number of halogens is 1. The number of esters is 1. The molecule has 0 atom stereocenters. The Hall–Kier alpha value is -2.62. The van der Waals surface area contributed by atoms with Gasteiger partial charge in [0.05, 0.1) is 23.3 Å². The van der Waals surface area contributed by atoms with Gasteiger partial charge in [-0.25, -0.2) is 9.78 Å². The Bertz CT molecular complexity index is 1090. The van der Waals surface area contributed by atoms with Crippen molar-refractivity contribution >= 4 is 40.2 Å². The van der Waals surface area contributed by atoms with E-state index in [1.54, 1.807) is 25.1 Å². The summed E-state index contributed by atoms with van der Waals surface area (Å²) in [7, 11) is 0. The first-order valence-corrected chi connectivity index (χ1v) is 9.45. The lowest BCUT2D eigenvalue weighted by molar-refractivity contribution is 0.0522. The summed E-state index contributed by atoms with van der Waals surface area (Å²) in [4.78, 5) is 22.0. The zero-order valence-corrected chi connectivity index (χ0v) is 16.6. The molecule has 27 heavy (non-hydrogen) atoms. The first-order chi connectivity index (χ1) is 12.9. The SMILES string of the molecule is CCOC(=O)c1cnc2ccc(Cl)cc2c1Sc1nc(C)cc(C)c1C#N. The molecule has 0 unspecified atom stereocenters. The Morgan fingerprint density at radius 3 is 2.81 bits per heavy atom. The lowest BCUT2D eigenvalue weighted by Gasteiger charge is -2.13. The van der Waals surface area contributed by atoms with Crippen LogP contribution in [0.5, 0.6) is 0 Å². The highest BCUT2D eigenvalue weighted by Crippen LogP contribution is 2.38. The highest BCUT2D eigenvalue weighted by Gasteiger charge is 2.20. The average molecular weight is 398 g/mol. The number of pyridine rings is 2. The maximum atomic E-state index is 12.5. The van der Waals surface area contributed by atoms with E-state index in [-0.39, 0.29) is 6.61 Å². The standard InChI is InChI=1S/C20H16ClN3O2S/c1-4-26-20(25)16-10-23-17-6-5-13(21)8-14(17)18(16)27-19-15(9-22)11(2)7-12(3)24-19/h5-8,10H,4H2,1-3H3. The number of ether oxygens (including phenoxy) is 1. The summed E-state index contributed by atoms with van der Waals surface area (Å²) < 4.78 is 5.18. The van der Waals surface area contributed by atoms with Gasteiger partial charge in [0.25, 0.3) is 0 Å². The molecule has 136 valence electrons. The molecule has 0 spiro atoms. The largest absolute Gasteiger partial charge is 0.462 e. The highest BCUT2D eigenvalue weighted by molar-refractivity contribution is 7.99. The smallest absolute Gasteiger partial charge is 0.340 e. The molecule has 0 bridgehead atoms. The van der Waals surface area contributed by atoms with Crippen LogP contribution in [-0.2, 0) is 4.74 Å². The Kier molecular flexibility index (Phi) is 5.64. The van der Waals surface area contributed by atoms with Gasteiger partial charge in [0.1, 0.15) is 11.1 Å². The number of aromatic nitrogens is 2. The number of hydrogen-bond donors (Lipinski definition) is 0. The van der Waals surface area contributed by atoms with Crippen LogP contribution in [0.15, 0.2) is 40.4 Å². The van der Waals surface area contributed by atoms with Crippen LogP contribution in [0.3, 0.4) is 0 Å². The number of rotatable bonds is 4. The van der Waals surface area contributed by atoms with Gasteiger partial charge in [-0.15, -0.1) is 0 Å². The fourth-order valence-electron chi connectivity index (χ4n) is 2.71. The predicted molar refractivity (Wildman–Crippen MR) is 105 cm³/mol. The van der Waals surface area contributed by atoms with E-state index in [2.05, 4.69) is 16.0 Å². The Morgan fingerprint density at radius 1 is 1.33 bits per heavy atom. The molecule has 0 saturated carbocycles. The van der Waals surface area contributed by atoms with E-state index in [1.165, 1.54) is 18.0 Å². The zero-order valence-electron chi connectivity index (χ0n) is 15.0. The number of fused-ring (bicyclic) bond motifs is 1. The van der Waals surface area contributed by atoms with Crippen molar-refractivity contribution in [2.45, 2.75) is 30.7 Å². The van der Waals surface area contributed by atoms with Gasteiger partial charge in [0.2, 0.25) is 0 Å². The minimum absolute atomic E-state index is 0.252. The number of carbonyl (C=O) groups is 1. The fraction of sp³-hybridized carbons (Fsp3) is 0.200. The first-order valence-electron chi connectivity index (χ1n) is 8.26. The molecule has 0 N–H and O–H groups in total. The Labute approximate surface area is 166 Å². The summed E-state index contributed by atoms with van der Waals surface area (Å²) in [6.07, 6.45) is 1.49. The third kappa shape index (κ3) is 3.90. The molecular formula is C20H16ClN3O2S. The van der Waals surface area contributed by atoms with Crippen LogP contribution < -0.4 is 0 Å². The van der Waals surface area contributed by atoms with Gasteiger partial charge in [-0.1, -0.05) is 23.4 Å². The number of aryl methyl sites for hydroxylation is 2. The molecule has 3 aromatic rings. The zero-order chi connectivity index (χ0) is 19.6. The molecule has 1 aromatic carbocycles. The summed E-state index contributed by atoms with van der Waals surface area (Å²) in [6, 6.07) is 9.34. The molecule has 0 aliphatic rings. The van der Waals surface area contributed by atoms with Crippen LogP contribution >= 0.6 is 23.4 Å². The van der Waals surface area contributed by atoms with E-state index < -0.39 is 5.97 Å². The van der Waals surface area contributed by atoms with Gasteiger partial charge >= 0.3 is 5.97 Å². The Balaban J connectivity index is 2.26. The summed E-state index contributed by atoms with van der Waals surface area (Å²) in [5.74, 6) is -0.475. The van der Waals surface area contributed by atoms with Gasteiger partial charge in [-0.05, 0) is 50.6 Å². The van der Waals surface area contributed by atoms with Gasteiger partial charge in [-0.2, -0.15) is 5.26 Å². The van der Waals surface area contributed by atoms with Crippen molar-refractivity contribution in [3.63, 3.8) is 0 Å². The van der Waals surface area contributed by atoms with Crippen molar-refractivity contribution in [2.75, 3.05) is 6.61 Å². The average Bonchev–Trinajstić information content (AvgIpc) is 2.62. The van der Waals surface area contributed by atoms with E-state index in [0.717, 1.165) is 11.3 Å². The molecular weight excluding hydrogens is 382 g/mol. The van der Waals surface area contributed by atoms with Crippen LogP contribution in [0.2, 0.25) is 5.02 Å². The first kappa shape index (κ1) is 19.2. The van der Waals surface area contributed by atoms with E-state index >= 15 is 0 Å². The third-order valence-electron chi connectivity index (χ3n) is 3.90. The van der Waals surface area contributed by atoms with E-state index in [0.29, 0.717) is 37.0 Å². The van der Waals surface area contributed by atoms with E-state index in [4.69, 9.17) is 16.3 Å². The van der Waals surface area contributed by atoms with Crippen molar-refractivity contribution in [2.24, 2.45) is 0 Å². The maximum Gasteiger partial charge on any atom is 0.340 e. The lowest BCUT2D eigenvalue weighted by Crippen LogP contribution is -2.07. The van der Waals surface area contributed by atoms with Crippen molar-refractivity contribution < 1.29 is 9.53 Å². The summed E-state index contributed by atoms with van der Waals surface area (Å²) in [5.41, 5.74) is 3.12. The van der Waals surface area contributed by atoms with Gasteiger partial charge in [0, 0.05) is 27.2 Å². The van der Waals surface area contributed by atoms with Crippen LogP contribution in [0.4, 0.5) is 0 Å². The molecule has 3 rings (SSSR count). The second-order valence-electron chi connectivity index (χ2n) is 5.86. The van der Waals surface area contributed by atoms with Gasteiger partial charge < -0.3 is 4.74 Å². The number of carbonyl (C=O) groups excluding carboxylic acids is 1. The lowest BCUT2D eigenvalue weighted by atomic mass is 10.1. The van der Waals surface area contributed by atoms with Crippen LogP contribution in [0.1, 0.15) is 34.1 Å². The number of nitriles is 1.